The Morgan fingerprint density at radius 3 is 2.56 bits per heavy atom. The molecule has 0 saturated heterocycles. The Labute approximate surface area is 150 Å². The largest absolute Gasteiger partial charge is 0.461 e. The van der Waals surface area contributed by atoms with E-state index in [1.54, 1.807) is 0 Å². The molecule has 1 atom stereocenters. The number of hydrogen-bond donors (Lipinski definition) is 1. The molecule has 1 N–H and O–H groups in total. The van der Waals surface area contributed by atoms with Crippen LogP contribution in [0.25, 0.3) is 10.8 Å². The van der Waals surface area contributed by atoms with E-state index >= 15 is 0 Å². The van der Waals surface area contributed by atoms with E-state index < -0.39 is 0 Å². The van der Waals surface area contributed by atoms with Gasteiger partial charge in [0.1, 0.15) is 12.1 Å². The first-order valence-corrected chi connectivity index (χ1v) is 9.58. The van der Waals surface area contributed by atoms with Gasteiger partial charge < -0.3 is 10.1 Å². The normalized spacial score (nSPS) is 16.8. The highest BCUT2D eigenvalue weighted by molar-refractivity contribution is 5.95. The fourth-order valence-corrected chi connectivity index (χ4v) is 3.65. The van der Waals surface area contributed by atoms with Crippen molar-refractivity contribution < 1.29 is 9.53 Å². The van der Waals surface area contributed by atoms with E-state index in [9.17, 15) is 4.79 Å². The Morgan fingerprint density at radius 1 is 1.08 bits per heavy atom. The van der Waals surface area contributed by atoms with Gasteiger partial charge in [-0.2, -0.15) is 0 Å². The van der Waals surface area contributed by atoms with Gasteiger partial charge in [0.15, 0.2) is 0 Å². The lowest BCUT2D eigenvalue weighted by Gasteiger charge is -2.26. The summed E-state index contributed by atoms with van der Waals surface area (Å²) in [5.41, 5.74) is 1.00. The van der Waals surface area contributed by atoms with Gasteiger partial charge in [-0.3, -0.25) is 0 Å². The number of nitrogens with one attached hydrogen (secondary N) is 1. The molecule has 0 bridgehead atoms. The second-order valence-electron chi connectivity index (χ2n) is 7.55. The molecule has 1 aliphatic rings. The van der Waals surface area contributed by atoms with Gasteiger partial charge in [-0.15, -0.1) is 0 Å². The third-order valence-electron chi connectivity index (χ3n) is 4.95. The van der Waals surface area contributed by atoms with E-state index in [0.717, 1.165) is 30.3 Å². The average Bonchev–Trinajstić information content (AvgIpc) is 2.62. The maximum absolute atomic E-state index is 12.8. The number of anilines is 1. The van der Waals surface area contributed by atoms with E-state index in [2.05, 4.69) is 37.4 Å². The maximum Gasteiger partial charge on any atom is 0.328 e. The maximum atomic E-state index is 12.8. The van der Waals surface area contributed by atoms with E-state index in [1.807, 2.05) is 24.3 Å². The molecular formula is C22H29NO2. The quantitative estimate of drug-likeness (QED) is 0.702. The predicted octanol–water partition coefficient (Wildman–Crippen LogP) is 5.54. The summed E-state index contributed by atoms with van der Waals surface area (Å²) in [6, 6.07) is 14.1. The Bertz CT molecular complexity index is 699. The number of esters is 1. The second kappa shape index (κ2) is 8.37. The molecule has 0 amide bonds. The standard InChI is InChI=1S/C22H29NO2/c1-16(2)15-21(22(24)25-18-11-4-3-5-12-18)23-20-14-8-10-17-9-6-7-13-19(17)20/h6-10,13-14,16,18,21,23H,3-5,11-12,15H2,1-2H3/t21-/m0/s1. The summed E-state index contributed by atoms with van der Waals surface area (Å²) in [7, 11) is 0. The van der Waals surface area contributed by atoms with E-state index in [-0.39, 0.29) is 18.1 Å². The van der Waals surface area contributed by atoms with Crippen LogP contribution in [0.3, 0.4) is 0 Å². The molecule has 0 radical (unpaired) electrons. The van der Waals surface area contributed by atoms with Crippen molar-refractivity contribution in [2.45, 2.75) is 64.5 Å². The molecule has 3 rings (SSSR count). The predicted molar refractivity (Wildman–Crippen MR) is 104 cm³/mol. The van der Waals surface area contributed by atoms with Crippen LogP contribution < -0.4 is 5.32 Å². The zero-order chi connectivity index (χ0) is 17.6. The molecule has 3 nitrogen and oxygen atoms in total. The summed E-state index contributed by atoms with van der Waals surface area (Å²) in [5, 5.41) is 5.79. The molecule has 1 aliphatic carbocycles. The van der Waals surface area contributed by atoms with Gasteiger partial charge in [-0.05, 0) is 49.5 Å². The third-order valence-corrected chi connectivity index (χ3v) is 4.95. The van der Waals surface area contributed by atoms with Crippen molar-refractivity contribution >= 4 is 22.4 Å². The number of ether oxygens (including phenoxy) is 1. The molecule has 2 aromatic carbocycles. The van der Waals surface area contributed by atoms with Crippen molar-refractivity contribution in [1.82, 2.24) is 0 Å². The van der Waals surface area contributed by atoms with Crippen LogP contribution in [0.5, 0.6) is 0 Å². The van der Waals surface area contributed by atoms with Crippen molar-refractivity contribution in [1.29, 1.82) is 0 Å². The zero-order valence-electron chi connectivity index (χ0n) is 15.3. The molecule has 0 aliphatic heterocycles. The van der Waals surface area contributed by atoms with E-state index in [1.165, 1.54) is 24.6 Å². The Morgan fingerprint density at radius 2 is 1.80 bits per heavy atom. The molecule has 25 heavy (non-hydrogen) atoms. The van der Waals surface area contributed by atoms with Gasteiger partial charge in [-0.1, -0.05) is 56.7 Å². The van der Waals surface area contributed by atoms with Crippen molar-refractivity contribution in [3.05, 3.63) is 42.5 Å². The lowest BCUT2D eigenvalue weighted by atomic mass is 9.97. The smallest absolute Gasteiger partial charge is 0.328 e. The van der Waals surface area contributed by atoms with E-state index in [0.29, 0.717) is 5.92 Å². The summed E-state index contributed by atoms with van der Waals surface area (Å²) in [6.45, 7) is 4.29. The Hall–Kier alpha value is -2.03. The van der Waals surface area contributed by atoms with Gasteiger partial charge in [0.2, 0.25) is 0 Å². The highest BCUT2D eigenvalue weighted by atomic mass is 16.5. The molecular weight excluding hydrogens is 310 g/mol. The highest BCUT2D eigenvalue weighted by Gasteiger charge is 2.25. The SMILES string of the molecule is CC(C)C[C@H](Nc1cccc2ccccc12)C(=O)OC1CCCCC1. The second-order valence-corrected chi connectivity index (χ2v) is 7.55. The molecule has 134 valence electrons. The van der Waals surface area contributed by atoms with Crippen molar-refractivity contribution in [3.63, 3.8) is 0 Å². The number of benzene rings is 2. The monoisotopic (exact) mass is 339 g/mol. The zero-order valence-corrected chi connectivity index (χ0v) is 15.3. The summed E-state index contributed by atoms with van der Waals surface area (Å²) < 4.78 is 5.84. The Balaban J connectivity index is 1.76. The minimum absolute atomic E-state index is 0.102. The fourth-order valence-electron chi connectivity index (χ4n) is 3.65. The summed E-state index contributed by atoms with van der Waals surface area (Å²) in [4.78, 5) is 12.8. The van der Waals surface area contributed by atoms with Crippen LogP contribution in [0, 0.1) is 5.92 Å². The third kappa shape index (κ3) is 4.75. The first-order chi connectivity index (χ1) is 12.1. The first kappa shape index (κ1) is 17.8. The van der Waals surface area contributed by atoms with Gasteiger partial charge in [-0.25, -0.2) is 4.79 Å². The minimum atomic E-state index is -0.298. The molecule has 3 heteroatoms. The molecule has 0 aromatic heterocycles. The van der Waals surface area contributed by atoms with Crippen LogP contribution in [0.1, 0.15) is 52.4 Å². The molecule has 1 fully saturated rings. The summed E-state index contributed by atoms with van der Waals surface area (Å²) in [5.74, 6) is 0.319. The fraction of sp³-hybridized carbons (Fsp3) is 0.500. The summed E-state index contributed by atoms with van der Waals surface area (Å²) in [6.07, 6.45) is 6.49. The molecule has 1 saturated carbocycles. The highest BCUT2D eigenvalue weighted by Crippen LogP contribution is 2.26. The lowest BCUT2D eigenvalue weighted by Crippen LogP contribution is -2.35. The first-order valence-electron chi connectivity index (χ1n) is 9.58. The molecule has 2 aromatic rings. The average molecular weight is 339 g/mol. The van der Waals surface area contributed by atoms with Crippen molar-refractivity contribution in [2.75, 3.05) is 5.32 Å². The van der Waals surface area contributed by atoms with Gasteiger partial charge in [0.05, 0.1) is 0 Å². The van der Waals surface area contributed by atoms with Crippen molar-refractivity contribution in [2.24, 2.45) is 5.92 Å². The van der Waals surface area contributed by atoms with Gasteiger partial charge in [0, 0.05) is 11.1 Å². The van der Waals surface area contributed by atoms with Gasteiger partial charge >= 0.3 is 5.97 Å². The van der Waals surface area contributed by atoms with Crippen LogP contribution >= 0.6 is 0 Å². The van der Waals surface area contributed by atoms with E-state index in [4.69, 9.17) is 4.74 Å². The topological polar surface area (TPSA) is 38.3 Å². The summed E-state index contributed by atoms with van der Waals surface area (Å²) >= 11 is 0. The number of carbonyl (C=O) groups excluding carboxylic acids is 1. The number of hydrogen-bond acceptors (Lipinski definition) is 3. The lowest BCUT2D eigenvalue weighted by molar-refractivity contribution is -0.151. The van der Waals surface area contributed by atoms with Crippen LogP contribution in [0.15, 0.2) is 42.5 Å². The molecule has 0 heterocycles. The number of fused-ring (bicyclic) bond motifs is 1. The van der Waals surface area contributed by atoms with Crippen molar-refractivity contribution in [3.8, 4) is 0 Å². The molecule has 0 spiro atoms. The van der Waals surface area contributed by atoms with Crippen LogP contribution in [0.4, 0.5) is 5.69 Å². The number of carbonyl (C=O) groups is 1. The van der Waals surface area contributed by atoms with Crippen LogP contribution in [0.2, 0.25) is 0 Å². The van der Waals surface area contributed by atoms with Crippen LogP contribution in [-0.2, 0) is 9.53 Å². The Kier molecular flexibility index (Phi) is 5.95. The van der Waals surface area contributed by atoms with Crippen LogP contribution in [-0.4, -0.2) is 18.1 Å². The molecule has 0 unspecified atom stereocenters. The number of rotatable bonds is 6. The minimum Gasteiger partial charge on any atom is -0.461 e. The van der Waals surface area contributed by atoms with Gasteiger partial charge in [0.25, 0.3) is 0 Å².